The van der Waals surface area contributed by atoms with Gasteiger partial charge in [0.15, 0.2) is 0 Å². The maximum Gasteiger partial charge on any atom is 0.337 e. The molecule has 0 aromatic heterocycles. The van der Waals surface area contributed by atoms with E-state index < -0.39 is 5.97 Å². The van der Waals surface area contributed by atoms with Crippen molar-refractivity contribution in [1.29, 1.82) is 0 Å². The fourth-order valence-corrected chi connectivity index (χ4v) is 2.66. The van der Waals surface area contributed by atoms with Gasteiger partial charge in [0.25, 0.3) is 0 Å². The molecule has 0 amide bonds. The number of nitrogens with zero attached hydrogens (tertiary/aromatic N) is 1. The Morgan fingerprint density at radius 1 is 1.47 bits per heavy atom. The van der Waals surface area contributed by atoms with Crippen LogP contribution in [-0.4, -0.2) is 41.7 Å². The van der Waals surface area contributed by atoms with Crippen molar-refractivity contribution in [2.75, 3.05) is 25.0 Å². The standard InChI is InChI=1S/C14H19ClN2O2/c1-10(9-17-6-2-3-7-17)16-13-8-11(15)4-5-12(13)14(18)19/h4-5,8,10,16H,2-3,6-7,9H2,1H3,(H,18,19). The van der Waals surface area contributed by atoms with Crippen molar-refractivity contribution in [2.24, 2.45) is 0 Å². The van der Waals surface area contributed by atoms with Crippen molar-refractivity contribution in [3.63, 3.8) is 0 Å². The van der Waals surface area contributed by atoms with Gasteiger partial charge in [-0.25, -0.2) is 4.79 Å². The molecule has 2 rings (SSSR count). The summed E-state index contributed by atoms with van der Waals surface area (Å²) in [6.45, 7) is 5.25. The number of benzene rings is 1. The van der Waals surface area contributed by atoms with E-state index in [0.29, 0.717) is 10.7 Å². The first-order chi connectivity index (χ1) is 9.06. The third kappa shape index (κ3) is 3.85. The Balaban J connectivity index is 2.04. The molecule has 0 spiro atoms. The molecule has 1 atom stereocenters. The lowest BCUT2D eigenvalue weighted by atomic mass is 10.1. The summed E-state index contributed by atoms with van der Waals surface area (Å²) < 4.78 is 0. The van der Waals surface area contributed by atoms with Crippen molar-refractivity contribution in [1.82, 2.24) is 4.90 Å². The zero-order chi connectivity index (χ0) is 13.8. The van der Waals surface area contributed by atoms with E-state index in [1.54, 1.807) is 12.1 Å². The largest absolute Gasteiger partial charge is 0.478 e. The SMILES string of the molecule is CC(CN1CCCC1)Nc1cc(Cl)ccc1C(=O)O. The molecule has 1 fully saturated rings. The lowest BCUT2D eigenvalue weighted by Gasteiger charge is -2.22. The van der Waals surface area contributed by atoms with Gasteiger partial charge in [-0.15, -0.1) is 0 Å². The van der Waals surface area contributed by atoms with Gasteiger partial charge < -0.3 is 15.3 Å². The predicted molar refractivity (Wildman–Crippen MR) is 77.2 cm³/mol. The van der Waals surface area contributed by atoms with Gasteiger partial charge in [-0.3, -0.25) is 0 Å². The van der Waals surface area contributed by atoms with Crippen molar-refractivity contribution in [3.05, 3.63) is 28.8 Å². The van der Waals surface area contributed by atoms with Crippen LogP contribution >= 0.6 is 11.6 Å². The van der Waals surface area contributed by atoms with Gasteiger partial charge in [0.1, 0.15) is 0 Å². The Kier molecular flexibility index (Phi) is 4.66. The second-order valence-electron chi connectivity index (χ2n) is 5.05. The summed E-state index contributed by atoms with van der Waals surface area (Å²) in [4.78, 5) is 13.6. The smallest absolute Gasteiger partial charge is 0.337 e. The maximum absolute atomic E-state index is 11.2. The lowest BCUT2D eigenvalue weighted by Crippen LogP contribution is -2.33. The van der Waals surface area contributed by atoms with Crippen LogP contribution in [0.4, 0.5) is 5.69 Å². The third-order valence-corrected chi connectivity index (χ3v) is 3.58. The van der Waals surface area contributed by atoms with Gasteiger partial charge in [0, 0.05) is 17.6 Å². The first kappa shape index (κ1) is 14.2. The summed E-state index contributed by atoms with van der Waals surface area (Å²) in [6, 6.07) is 5.00. The van der Waals surface area contributed by atoms with E-state index >= 15 is 0 Å². The van der Waals surface area contributed by atoms with E-state index in [1.165, 1.54) is 18.9 Å². The highest BCUT2D eigenvalue weighted by atomic mass is 35.5. The first-order valence-electron chi connectivity index (χ1n) is 6.58. The minimum Gasteiger partial charge on any atom is -0.478 e. The lowest BCUT2D eigenvalue weighted by molar-refractivity contribution is 0.0698. The summed E-state index contributed by atoms with van der Waals surface area (Å²) in [6.07, 6.45) is 2.51. The quantitative estimate of drug-likeness (QED) is 0.872. The summed E-state index contributed by atoms with van der Waals surface area (Å²) in [5.74, 6) is -0.937. The van der Waals surface area contributed by atoms with Crippen LogP contribution in [0.15, 0.2) is 18.2 Å². The summed E-state index contributed by atoms with van der Waals surface area (Å²) >= 11 is 5.93. The molecule has 0 saturated carbocycles. The maximum atomic E-state index is 11.2. The van der Waals surface area contributed by atoms with Crippen LogP contribution in [0.1, 0.15) is 30.1 Å². The molecular weight excluding hydrogens is 264 g/mol. The number of halogens is 1. The number of hydrogen-bond donors (Lipinski definition) is 2. The van der Waals surface area contributed by atoms with Gasteiger partial charge in [-0.2, -0.15) is 0 Å². The fourth-order valence-electron chi connectivity index (χ4n) is 2.49. The van der Waals surface area contributed by atoms with Crippen LogP contribution in [0.5, 0.6) is 0 Å². The fraction of sp³-hybridized carbons (Fsp3) is 0.500. The van der Waals surface area contributed by atoms with E-state index in [2.05, 4.69) is 17.1 Å². The average Bonchev–Trinajstić information content (AvgIpc) is 2.81. The number of nitrogens with one attached hydrogen (secondary N) is 1. The molecule has 19 heavy (non-hydrogen) atoms. The van der Waals surface area contributed by atoms with E-state index in [1.807, 2.05) is 0 Å². The molecule has 4 nitrogen and oxygen atoms in total. The summed E-state index contributed by atoms with van der Waals surface area (Å²) in [7, 11) is 0. The van der Waals surface area contributed by atoms with Gasteiger partial charge in [0.05, 0.1) is 11.3 Å². The van der Waals surface area contributed by atoms with E-state index in [4.69, 9.17) is 16.7 Å². The molecule has 5 heteroatoms. The number of hydrogen-bond acceptors (Lipinski definition) is 3. The molecule has 0 aliphatic carbocycles. The minimum atomic E-state index is -0.937. The van der Waals surface area contributed by atoms with Crippen LogP contribution in [-0.2, 0) is 0 Å². The molecule has 1 aromatic carbocycles. The highest BCUT2D eigenvalue weighted by molar-refractivity contribution is 6.31. The average molecular weight is 283 g/mol. The molecular formula is C14H19ClN2O2. The zero-order valence-electron chi connectivity index (χ0n) is 11.0. The Morgan fingerprint density at radius 2 is 2.16 bits per heavy atom. The van der Waals surface area contributed by atoms with Crippen LogP contribution in [0.2, 0.25) is 5.02 Å². The number of carboxylic acid groups (broad SMARTS) is 1. The molecule has 1 aromatic rings. The first-order valence-corrected chi connectivity index (χ1v) is 6.96. The van der Waals surface area contributed by atoms with E-state index in [-0.39, 0.29) is 11.6 Å². The van der Waals surface area contributed by atoms with Crippen LogP contribution in [0.25, 0.3) is 0 Å². The zero-order valence-corrected chi connectivity index (χ0v) is 11.8. The summed E-state index contributed by atoms with van der Waals surface area (Å²) in [5, 5.41) is 13.0. The van der Waals surface area contributed by atoms with Crippen LogP contribution in [0, 0.1) is 0 Å². The van der Waals surface area contributed by atoms with Crippen molar-refractivity contribution in [2.45, 2.75) is 25.8 Å². The van der Waals surface area contributed by atoms with Crippen molar-refractivity contribution in [3.8, 4) is 0 Å². The van der Waals surface area contributed by atoms with Crippen LogP contribution < -0.4 is 5.32 Å². The molecule has 1 saturated heterocycles. The normalized spacial score (nSPS) is 17.4. The minimum absolute atomic E-state index is 0.190. The highest BCUT2D eigenvalue weighted by Crippen LogP contribution is 2.22. The van der Waals surface area contributed by atoms with E-state index in [9.17, 15) is 4.79 Å². The Hall–Kier alpha value is -1.26. The van der Waals surface area contributed by atoms with Gasteiger partial charge in [-0.05, 0) is 51.1 Å². The molecule has 1 heterocycles. The molecule has 104 valence electrons. The molecule has 0 radical (unpaired) electrons. The topological polar surface area (TPSA) is 52.6 Å². The molecule has 1 aliphatic rings. The Labute approximate surface area is 118 Å². The van der Waals surface area contributed by atoms with Crippen LogP contribution in [0.3, 0.4) is 0 Å². The number of anilines is 1. The molecule has 2 N–H and O–H groups in total. The number of carboxylic acids is 1. The van der Waals surface area contributed by atoms with Gasteiger partial charge >= 0.3 is 5.97 Å². The highest BCUT2D eigenvalue weighted by Gasteiger charge is 2.17. The molecule has 1 aliphatic heterocycles. The number of likely N-dealkylation sites (tertiary alicyclic amines) is 1. The van der Waals surface area contributed by atoms with E-state index in [0.717, 1.165) is 19.6 Å². The second kappa shape index (κ2) is 6.26. The van der Waals surface area contributed by atoms with Gasteiger partial charge in [-0.1, -0.05) is 11.6 Å². The Bertz CT molecular complexity index is 459. The predicted octanol–water partition coefficient (Wildman–Crippen LogP) is 2.93. The second-order valence-corrected chi connectivity index (χ2v) is 5.48. The number of aromatic carboxylic acids is 1. The van der Waals surface area contributed by atoms with Crippen molar-refractivity contribution >= 4 is 23.3 Å². The monoisotopic (exact) mass is 282 g/mol. The number of carbonyl (C=O) groups is 1. The Morgan fingerprint density at radius 3 is 2.79 bits per heavy atom. The number of rotatable bonds is 5. The summed E-state index contributed by atoms with van der Waals surface area (Å²) in [5.41, 5.74) is 0.851. The van der Waals surface area contributed by atoms with Gasteiger partial charge in [0.2, 0.25) is 0 Å². The third-order valence-electron chi connectivity index (χ3n) is 3.34. The van der Waals surface area contributed by atoms with Crippen molar-refractivity contribution < 1.29 is 9.90 Å². The molecule has 1 unspecified atom stereocenters. The molecule has 0 bridgehead atoms.